The van der Waals surface area contributed by atoms with Gasteiger partial charge in [0.05, 0.1) is 32.7 Å². The molecule has 0 bridgehead atoms. The largest absolute Gasteiger partial charge is 0.507 e. The summed E-state index contributed by atoms with van der Waals surface area (Å²) in [6.45, 7) is 27.5. The summed E-state index contributed by atoms with van der Waals surface area (Å²) in [4.78, 5) is 2.60. The number of rotatable bonds is 25. The fraction of sp³-hybridized carbons (Fsp3) is 0.806. The maximum Gasteiger partial charge on any atom is 0.507 e. The van der Waals surface area contributed by atoms with Gasteiger partial charge in [-0.05, 0) is 76.5 Å². The van der Waals surface area contributed by atoms with Crippen LogP contribution in [0.4, 0.5) is 5.69 Å². The molecule has 0 spiro atoms. The standard InChI is InChI=1S/C31H64N2O6Si5/c1-14-33(15-2)30-27(20-22-40-25-32-21-19-23-43(37-16-3,38-17-4)39-18-5)31(42(12)13)28(24-29(30)41(10)11)26(6)44(34-7,35-8)36-9/h24,26,32H,14-23,25H2,1-13H3. The molecule has 0 aliphatic rings. The molecule has 0 saturated heterocycles. The second kappa shape index (κ2) is 21.6. The van der Waals surface area contributed by atoms with Crippen molar-refractivity contribution in [3.63, 3.8) is 0 Å². The molecule has 4 radical (unpaired) electrons. The summed E-state index contributed by atoms with van der Waals surface area (Å²) >= 11 is 0. The van der Waals surface area contributed by atoms with Crippen molar-refractivity contribution < 1.29 is 26.6 Å². The van der Waals surface area contributed by atoms with Gasteiger partial charge < -0.3 is 36.8 Å². The summed E-state index contributed by atoms with van der Waals surface area (Å²) in [5.41, 5.74) is 4.53. The number of nitrogens with zero attached hydrogens (tertiary/aromatic N) is 1. The van der Waals surface area contributed by atoms with E-state index in [0.717, 1.165) is 54.2 Å². The highest BCUT2D eigenvalue weighted by molar-refractivity contribution is 6.75. The highest BCUT2D eigenvalue weighted by atomic mass is 28.4. The molecule has 254 valence electrons. The normalized spacial score (nSPS) is 13.3. The van der Waals surface area contributed by atoms with Crippen LogP contribution in [0.5, 0.6) is 0 Å². The molecule has 44 heavy (non-hydrogen) atoms. The van der Waals surface area contributed by atoms with Gasteiger partial charge in [0.1, 0.15) is 0 Å². The van der Waals surface area contributed by atoms with Crippen LogP contribution in [0.25, 0.3) is 0 Å². The zero-order chi connectivity index (χ0) is 33.3. The second-order valence-electron chi connectivity index (χ2n) is 11.3. The number of anilines is 1. The van der Waals surface area contributed by atoms with E-state index in [2.05, 4.69) is 63.2 Å². The Morgan fingerprint density at radius 1 is 0.864 bits per heavy atom. The van der Waals surface area contributed by atoms with E-state index in [4.69, 9.17) is 26.6 Å². The van der Waals surface area contributed by atoms with Crippen molar-refractivity contribution in [3.05, 3.63) is 17.2 Å². The first-order valence-corrected chi connectivity index (χ1v) is 26.7. The first kappa shape index (κ1) is 41.8. The van der Waals surface area contributed by atoms with Crippen LogP contribution >= 0.6 is 0 Å². The van der Waals surface area contributed by atoms with E-state index >= 15 is 0 Å². The molecule has 0 heterocycles. The molecule has 0 aliphatic heterocycles. The van der Waals surface area contributed by atoms with E-state index in [1.54, 1.807) is 32.1 Å². The van der Waals surface area contributed by atoms with Gasteiger partial charge in [0.15, 0.2) is 0 Å². The van der Waals surface area contributed by atoms with Gasteiger partial charge in [0, 0.05) is 66.0 Å². The van der Waals surface area contributed by atoms with Crippen molar-refractivity contribution in [2.45, 2.75) is 98.2 Å². The predicted molar refractivity (Wildman–Crippen MR) is 197 cm³/mol. The van der Waals surface area contributed by atoms with Crippen molar-refractivity contribution >= 4 is 60.8 Å². The highest BCUT2D eigenvalue weighted by Crippen LogP contribution is 2.31. The van der Waals surface area contributed by atoms with E-state index in [9.17, 15) is 0 Å². The minimum Gasteiger partial charge on any atom is -0.376 e. The Hall–Kier alpha value is -0.176. The molecule has 1 N–H and O–H groups in total. The van der Waals surface area contributed by atoms with Crippen molar-refractivity contribution in [1.29, 1.82) is 0 Å². The fourth-order valence-electron chi connectivity index (χ4n) is 6.09. The summed E-state index contributed by atoms with van der Waals surface area (Å²) in [6.07, 6.45) is 3.12. The maximum atomic E-state index is 6.03. The molecule has 1 rings (SSSR count). The molecule has 0 aromatic heterocycles. The molecule has 0 amide bonds. The molecule has 0 fully saturated rings. The number of hydrogen-bond acceptors (Lipinski definition) is 8. The van der Waals surface area contributed by atoms with Gasteiger partial charge in [0.25, 0.3) is 0 Å². The molecule has 0 aliphatic carbocycles. The van der Waals surface area contributed by atoms with Gasteiger partial charge in [-0.25, -0.2) is 0 Å². The molecule has 8 nitrogen and oxygen atoms in total. The molecule has 13 heteroatoms. The summed E-state index contributed by atoms with van der Waals surface area (Å²) < 4.78 is 36.2. The van der Waals surface area contributed by atoms with Crippen LogP contribution in [0.1, 0.15) is 64.6 Å². The topological polar surface area (TPSA) is 70.7 Å². The van der Waals surface area contributed by atoms with Gasteiger partial charge in [-0.3, -0.25) is 0 Å². The lowest BCUT2D eigenvalue weighted by molar-refractivity contribution is 0.0708. The third-order valence-corrected chi connectivity index (χ3v) is 18.5. The Labute approximate surface area is 279 Å². The Bertz CT molecular complexity index is 910. The third kappa shape index (κ3) is 11.2. The van der Waals surface area contributed by atoms with E-state index < -0.39 is 35.2 Å². The summed E-state index contributed by atoms with van der Waals surface area (Å²) in [5.74, 6) is 0. The SMILES string of the molecule is CCO[Si](CCCNC[Si]CCc1c(N(CC)CC)c([Si](C)C)cc(C(C)[Si](OC)(OC)OC)c1[Si](C)C)(OCC)OCC. The predicted octanol–water partition coefficient (Wildman–Crippen LogP) is 4.63. The lowest BCUT2D eigenvalue weighted by atomic mass is 10.0. The van der Waals surface area contributed by atoms with E-state index in [1.807, 2.05) is 20.8 Å². The van der Waals surface area contributed by atoms with Crippen LogP contribution in [-0.2, 0) is 33.0 Å². The molecule has 1 atom stereocenters. The first-order chi connectivity index (χ1) is 21.0. The van der Waals surface area contributed by atoms with Crippen molar-refractivity contribution in [3.8, 4) is 0 Å². The lowest BCUT2D eigenvalue weighted by Gasteiger charge is -2.36. The smallest absolute Gasteiger partial charge is 0.376 e. The molecule has 1 aromatic carbocycles. The zero-order valence-electron chi connectivity index (χ0n) is 30.3. The van der Waals surface area contributed by atoms with Crippen LogP contribution in [-0.4, -0.2) is 112 Å². The number of nitrogens with one attached hydrogen (secondary N) is 1. The van der Waals surface area contributed by atoms with Crippen molar-refractivity contribution in [2.24, 2.45) is 0 Å². The summed E-state index contributed by atoms with van der Waals surface area (Å²) in [5, 5.41) is 6.78. The minimum atomic E-state index is -2.89. The number of hydrogen-bond donors (Lipinski definition) is 1. The monoisotopic (exact) mass is 700 g/mol. The average molecular weight is 701 g/mol. The van der Waals surface area contributed by atoms with E-state index in [1.165, 1.54) is 22.5 Å². The molecule has 0 saturated carbocycles. The van der Waals surface area contributed by atoms with Crippen LogP contribution in [0.3, 0.4) is 0 Å². The first-order valence-electron chi connectivity index (χ1n) is 16.6. The molecule has 1 aromatic rings. The Morgan fingerprint density at radius 2 is 1.41 bits per heavy atom. The van der Waals surface area contributed by atoms with Crippen molar-refractivity contribution in [2.75, 3.05) is 71.9 Å². The molecular formula is C31H64N2O6Si5. The number of benzene rings is 1. The van der Waals surface area contributed by atoms with Gasteiger partial charge in [-0.15, -0.1) is 0 Å². The van der Waals surface area contributed by atoms with E-state index in [0.29, 0.717) is 19.8 Å². The van der Waals surface area contributed by atoms with Gasteiger partial charge in [-0.2, -0.15) is 0 Å². The minimum absolute atomic E-state index is 0.0619. The fourth-order valence-corrected chi connectivity index (χ4v) is 14.9. The Balaban J connectivity index is 3.26. The quantitative estimate of drug-likeness (QED) is 0.117. The van der Waals surface area contributed by atoms with Crippen molar-refractivity contribution in [1.82, 2.24) is 5.32 Å². The average Bonchev–Trinajstić information content (AvgIpc) is 3.00. The van der Waals surface area contributed by atoms with Gasteiger partial charge >= 0.3 is 17.6 Å². The van der Waals surface area contributed by atoms with Crippen LogP contribution in [0.15, 0.2) is 6.07 Å². The van der Waals surface area contributed by atoms with E-state index in [-0.39, 0.29) is 5.54 Å². The summed E-state index contributed by atoms with van der Waals surface area (Å²) in [6, 6.07) is 4.54. The van der Waals surface area contributed by atoms with Gasteiger partial charge in [0.2, 0.25) is 0 Å². The molecule has 1 unspecified atom stereocenters. The van der Waals surface area contributed by atoms with Crippen LogP contribution in [0.2, 0.25) is 38.3 Å². The molecular weight excluding hydrogens is 637 g/mol. The zero-order valence-corrected chi connectivity index (χ0v) is 35.3. The van der Waals surface area contributed by atoms with Crippen LogP contribution < -0.4 is 20.6 Å². The lowest BCUT2D eigenvalue weighted by Crippen LogP contribution is -2.51. The third-order valence-electron chi connectivity index (χ3n) is 8.13. The van der Waals surface area contributed by atoms with Crippen LogP contribution in [0, 0.1) is 0 Å². The second-order valence-corrected chi connectivity index (χ2v) is 23.8. The Kier molecular flexibility index (Phi) is 20.6. The summed E-state index contributed by atoms with van der Waals surface area (Å²) in [7, 11) is -0.925. The Morgan fingerprint density at radius 3 is 1.84 bits per heavy atom. The highest BCUT2D eigenvalue weighted by Gasteiger charge is 2.47. The van der Waals surface area contributed by atoms with Gasteiger partial charge in [-0.1, -0.05) is 50.4 Å². The maximum absolute atomic E-state index is 6.03.